The van der Waals surface area contributed by atoms with E-state index < -0.39 is 6.15 Å². The number of hydrogen-bond donors (Lipinski definition) is 0. The molecule has 236 valence electrons. The minimum Gasteiger partial charge on any atom is -0.378 e. The van der Waals surface area contributed by atoms with Gasteiger partial charge in [-0.15, -0.1) is 0 Å². The Kier molecular flexibility index (Phi) is 10.9. The van der Waals surface area contributed by atoms with Crippen molar-refractivity contribution in [1.29, 1.82) is 0 Å². The van der Waals surface area contributed by atoms with Crippen LogP contribution in [0.5, 0.6) is 0 Å². The van der Waals surface area contributed by atoms with Crippen LogP contribution in [0.1, 0.15) is 5.56 Å². The van der Waals surface area contributed by atoms with E-state index in [2.05, 4.69) is 199 Å². The van der Waals surface area contributed by atoms with Crippen LogP contribution in [-0.4, -0.2) is 43.8 Å². The molecular weight excluding hydrogens is 591 g/mol. The summed E-state index contributed by atoms with van der Waals surface area (Å²) in [6, 6.07) is 63.1. The number of hydrogen-bond acceptors (Lipinski definition) is 3. The first-order valence-electron chi connectivity index (χ1n) is 16.5. The Hall–Kier alpha value is -4.55. The molecule has 0 aromatic heterocycles. The van der Waals surface area contributed by atoms with Crippen molar-refractivity contribution in [2.24, 2.45) is 0 Å². The van der Waals surface area contributed by atoms with Gasteiger partial charge < -0.3 is 4.74 Å². The van der Waals surface area contributed by atoms with Crippen molar-refractivity contribution in [2.75, 3.05) is 37.7 Å². The van der Waals surface area contributed by atoms with Gasteiger partial charge in [0.05, 0.1) is 39.0 Å². The van der Waals surface area contributed by atoms with E-state index in [1.54, 1.807) is 0 Å². The molecule has 0 aliphatic carbocycles. The van der Waals surface area contributed by atoms with Gasteiger partial charge in [-0.25, -0.2) is 0 Å². The smallest absolute Gasteiger partial charge is 0.235 e. The Labute approximate surface area is 284 Å². The minimum atomic E-state index is -1.22. The van der Waals surface area contributed by atoms with Gasteiger partial charge in [0.25, 0.3) is 0 Å². The molecule has 3 nitrogen and oxygen atoms in total. The largest absolute Gasteiger partial charge is 0.378 e. The highest BCUT2D eigenvalue weighted by Crippen LogP contribution is 2.27. The molecule has 1 aliphatic rings. The van der Waals surface area contributed by atoms with E-state index in [1.807, 2.05) is 0 Å². The summed E-state index contributed by atoms with van der Waals surface area (Å²) in [4.78, 5) is 1.36. The number of anilines is 1. The van der Waals surface area contributed by atoms with Gasteiger partial charge in [0, 0.05) is 0 Å². The van der Waals surface area contributed by atoms with Crippen molar-refractivity contribution in [3.63, 3.8) is 0 Å². The van der Waals surface area contributed by atoms with E-state index in [-0.39, 0.29) is 11.3 Å². The number of rotatable bonds is 8. The van der Waals surface area contributed by atoms with Crippen LogP contribution >= 0.6 is 0 Å². The Balaban J connectivity index is 0.000000166. The quantitative estimate of drug-likeness (QED) is 0.144. The maximum Gasteiger partial charge on any atom is 0.235 e. The highest BCUT2D eigenvalue weighted by atomic mass is 32.2. The monoisotopic (exact) mass is 634 g/mol. The summed E-state index contributed by atoms with van der Waals surface area (Å²) in [5.41, 5.74) is 7.91. The van der Waals surface area contributed by atoms with E-state index in [0.717, 1.165) is 26.3 Å². The lowest BCUT2D eigenvalue weighted by molar-refractivity contribution is 0.0758. The van der Waals surface area contributed by atoms with Crippen molar-refractivity contribution in [1.82, 2.24) is 4.31 Å². The van der Waals surface area contributed by atoms with Gasteiger partial charge in [-0.3, -0.25) is 0 Å². The zero-order valence-corrected chi connectivity index (χ0v) is 28.2. The van der Waals surface area contributed by atoms with Crippen LogP contribution in [0.25, 0.3) is 0 Å². The van der Waals surface area contributed by atoms with Crippen LogP contribution in [0, 0.1) is 6.92 Å². The standard InChI is InChI=1S/C24H20B.C18H23N2OS/c1-5-13-21(14-6-1)25(22-15-7-2-8-16-22,23-17-9-3-10-18-23)24-19-11-4-12-20-24;1-16-8-10-18(11-9-16)22(20-12-14-21-15-13-20)19(2)17-6-4-3-5-7-17/h1-20H;3-11H,12-15H2,1-2H3/q-1;+1. The van der Waals surface area contributed by atoms with Gasteiger partial charge in [0.1, 0.15) is 6.15 Å². The van der Waals surface area contributed by atoms with E-state index in [0.29, 0.717) is 0 Å². The summed E-state index contributed by atoms with van der Waals surface area (Å²) in [5.74, 6) is 0. The highest BCUT2D eigenvalue weighted by Gasteiger charge is 2.38. The second-order valence-corrected chi connectivity index (χ2v) is 14.0. The molecule has 1 heterocycles. The second-order valence-electron chi connectivity index (χ2n) is 12.0. The van der Waals surface area contributed by atoms with E-state index in [9.17, 15) is 0 Å². The lowest BCUT2D eigenvalue weighted by Crippen LogP contribution is -2.74. The Bertz CT molecular complexity index is 1600. The summed E-state index contributed by atoms with van der Waals surface area (Å²) in [6.07, 6.45) is -1.22. The average Bonchev–Trinajstić information content (AvgIpc) is 3.16. The number of morpholine rings is 1. The van der Waals surface area contributed by atoms with Crippen LogP contribution < -0.4 is 26.2 Å². The van der Waals surface area contributed by atoms with Gasteiger partial charge in [0.15, 0.2) is 0 Å². The third-order valence-corrected chi connectivity index (χ3v) is 11.3. The molecule has 0 saturated carbocycles. The highest BCUT2D eigenvalue weighted by molar-refractivity contribution is 7.96. The van der Waals surface area contributed by atoms with Gasteiger partial charge >= 0.3 is 0 Å². The first-order chi connectivity index (χ1) is 23.2. The summed E-state index contributed by atoms with van der Waals surface area (Å²) in [7, 11) is 2.19. The summed E-state index contributed by atoms with van der Waals surface area (Å²) >= 11 is -0.0916. The zero-order chi connectivity index (χ0) is 32.3. The molecule has 47 heavy (non-hydrogen) atoms. The van der Waals surface area contributed by atoms with E-state index >= 15 is 0 Å². The Morgan fingerprint density at radius 3 is 1.26 bits per heavy atom. The van der Waals surface area contributed by atoms with Gasteiger partial charge in [-0.2, -0.15) is 26.2 Å². The third-order valence-electron chi connectivity index (χ3n) is 9.02. The topological polar surface area (TPSA) is 15.7 Å². The summed E-state index contributed by atoms with van der Waals surface area (Å²) in [5, 5.41) is 0. The lowest BCUT2D eigenvalue weighted by atomic mass is 9.13. The van der Waals surface area contributed by atoms with E-state index in [4.69, 9.17) is 4.74 Å². The van der Waals surface area contributed by atoms with Crippen molar-refractivity contribution in [3.05, 3.63) is 181 Å². The molecular formula is C42H43BN2OS. The molecule has 1 aliphatic heterocycles. The fourth-order valence-corrected chi connectivity index (χ4v) is 8.88. The molecule has 1 fully saturated rings. The van der Waals surface area contributed by atoms with Gasteiger partial charge in [-0.1, -0.05) is 162 Å². The molecule has 1 atom stereocenters. The molecule has 1 unspecified atom stereocenters. The molecule has 0 spiro atoms. The Morgan fingerprint density at radius 1 is 0.511 bits per heavy atom. The molecule has 0 N–H and O–H groups in total. The normalized spacial score (nSPS) is 14.0. The average molecular weight is 635 g/mol. The predicted octanol–water partition coefficient (Wildman–Crippen LogP) is 6.33. The molecule has 0 radical (unpaired) electrons. The maximum atomic E-state index is 5.53. The maximum absolute atomic E-state index is 5.53. The van der Waals surface area contributed by atoms with Crippen molar-refractivity contribution in [2.45, 2.75) is 11.8 Å². The minimum absolute atomic E-state index is 0.0916. The molecule has 7 rings (SSSR count). The van der Waals surface area contributed by atoms with Crippen molar-refractivity contribution < 1.29 is 4.74 Å². The van der Waals surface area contributed by atoms with Crippen molar-refractivity contribution in [3.8, 4) is 0 Å². The van der Waals surface area contributed by atoms with Crippen LogP contribution in [0.3, 0.4) is 0 Å². The number of nitrogens with zero attached hydrogens (tertiary/aromatic N) is 2. The summed E-state index contributed by atoms with van der Waals surface area (Å²) in [6.45, 7) is 5.73. The third kappa shape index (κ3) is 7.39. The number of aryl methyl sites for hydroxylation is 1. The van der Waals surface area contributed by atoms with Gasteiger partial charge in [-0.05, 0) is 31.2 Å². The van der Waals surface area contributed by atoms with Crippen LogP contribution in [-0.2, 0) is 16.0 Å². The fourth-order valence-electron chi connectivity index (χ4n) is 6.72. The molecule has 5 heteroatoms. The van der Waals surface area contributed by atoms with Crippen LogP contribution in [0.15, 0.2) is 181 Å². The number of benzene rings is 6. The molecule has 1 saturated heterocycles. The second kappa shape index (κ2) is 15.8. The lowest BCUT2D eigenvalue weighted by Gasteiger charge is -2.44. The predicted molar refractivity (Wildman–Crippen MR) is 204 cm³/mol. The zero-order valence-electron chi connectivity index (χ0n) is 27.4. The van der Waals surface area contributed by atoms with Gasteiger partial charge in [0.2, 0.25) is 16.2 Å². The molecule has 6 aromatic rings. The molecule has 0 bridgehead atoms. The van der Waals surface area contributed by atoms with Crippen molar-refractivity contribution >= 4 is 45.0 Å². The molecule has 6 aromatic carbocycles. The Morgan fingerprint density at radius 2 is 0.872 bits per heavy atom. The van der Waals surface area contributed by atoms with Crippen LogP contribution in [0.2, 0.25) is 0 Å². The first kappa shape index (κ1) is 32.4. The SMILES string of the molecule is Cc1ccc([S+](N2CCOCC2)N(C)c2ccccc2)cc1.c1ccc([B-](c2ccccc2)(c2ccccc2)c2ccccc2)cc1. The first-order valence-corrected chi connectivity index (χ1v) is 17.6. The van der Waals surface area contributed by atoms with Crippen LogP contribution in [0.4, 0.5) is 5.69 Å². The van der Waals surface area contributed by atoms with E-state index in [1.165, 1.54) is 38.0 Å². The molecule has 0 amide bonds. The fraction of sp³-hybridized carbons (Fsp3) is 0.143. The number of ether oxygens (including phenoxy) is 1. The summed E-state index contributed by atoms with van der Waals surface area (Å²) < 4.78 is 10.4. The number of para-hydroxylation sites is 1.